The molecule has 2 aliphatic rings. The summed E-state index contributed by atoms with van der Waals surface area (Å²) in [4.78, 5) is 31.7. The summed E-state index contributed by atoms with van der Waals surface area (Å²) in [5.41, 5.74) is 2.11. The van der Waals surface area contributed by atoms with E-state index in [9.17, 15) is 9.59 Å². The molecule has 0 radical (unpaired) electrons. The van der Waals surface area contributed by atoms with Gasteiger partial charge >= 0.3 is 0 Å². The molecule has 9 nitrogen and oxygen atoms in total. The number of fused-ring (bicyclic) bond motifs is 1. The topological polar surface area (TPSA) is 99.2 Å². The number of hydrogen-bond donors (Lipinski definition) is 1. The van der Waals surface area contributed by atoms with Crippen molar-refractivity contribution in [1.29, 1.82) is 0 Å². The Hall–Kier alpha value is -3.79. The molecule has 1 saturated heterocycles. The van der Waals surface area contributed by atoms with Crippen LogP contribution in [0.2, 0.25) is 0 Å². The maximum atomic E-state index is 12.9. The summed E-state index contributed by atoms with van der Waals surface area (Å²) < 4.78 is 21.9. The van der Waals surface area contributed by atoms with Crippen molar-refractivity contribution in [3.63, 3.8) is 0 Å². The molecule has 3 aromatic rings. The molecule has 1 atom stereocenters. The van der Waals surface area contributed by atoms with E-state index in [2.05, 4.69) is 10.3 Å². The van der Waals surface area contributed by atoms with E-state index >= 15 is 0 Å². The fourth-order valence-electron chi connectivity index (χ4n) is 4.01. The van der Waals surface area contributed by atoms with Crippen LogP contribution in [0.25, 0.3) is 11.3 Å². The van der Waals surface area contributed by atoms with Gasteiger partial charge in [0.2, 0.25) is 11.8 Å². The van der Waals surface area contributed by atoms with E-state index in [1.54, 1.807) is 37.3 Å². The lowest BCUT2D eigenvalue weighted by molar-refractivity contribution is -0.122. The van der Waals surface area contributed by atoms with E-state index < -0.39 is 5.92 Å². The molecule has 5 rings (SSSR count). The minimum Gasteiger partial charge on any atom is -0.497 e. The van der Waals surface area contributed by atoms with Gasteiger partial charge in [-0.25, -0.2) is 4.98 Å². The standard InChI is InChI=1S/C24H23N3O6S/c1-30-16-4-6-19(31-2)17(11-16)18-13-34-24(25-18)26-23(29)14-9-22(28)27(12-14)15-3-5-20-21(10-15)33-8-7-32-20/h3-6,10-11,13-14H,7-9,12H2,1-2H3,(H,25,26,29)/t14-/m1/s1. The van der Waals surface area contributed by atoms with Crippen LogP contribution in [0.1, 0.15) is 6.42 Å². The van der Waals surface area contributed by atoms with E-state index in [1.807, 2.05) is 23.6 Å². The Bertz CT molecular complexity index is 1240. The van der Waals surface area contributed by atoms with Gasteiger partial charge < -0.3 is 29.2 Å². The number of carbonyl (C=O) groups is 2. The maximum absolute atomic E-state index is 12.9. The number of methoxy groups -OCH3 is 2. The fraction of sp³-hybridized carbons (Fsp3) is 0.292. The van der Waals surface area contributed by atoms with Gasteiger partial charge in [0.05, 0.1) is 25.8 Å². The summed E-state index contributed by atoms with van der Waals surface area (Å²) in [5.74, 6) is 1.75. The average molecular weight is 482 g/mol. The van der Waals surface area contributed by atoms with Crippen molar-refractivity contribution in [2.45, 2.75) is 6.42 Å². The van der Waals surface area contributed by atoms with Gasteiger partial charge in [0.1, 0.15) is 24.7 Å². The first kappa shape index (κ1) is 22.0. The molecular formula is C24H23N3O6S. The van der Waals surface area contributed by atoms with Crippen molar-refractivity contribution >= 4 is 34.0 Å². The Morgan fingerprint density at radius 2 is 1.94 bits per heavy atom. The third-order valence-electron chi connectivity index (χ3n) is 5.75. The number of ether oxygens (including phenoxy) is 4. The molecule has 10 heteroatoms. The SMILES string of the molecule is COc1ccc(OC)c(-c2csc(NC(=O)[C@@H]3CC(=O)N(c4ccc5c(c4)OCCO5)C3)n2)c1. The zero-order chi connectivity index (χ0) is 23.7. The number of benzene rings is 2. The number of thiazole rings is 1. The molecule has 3 heterocycles. The monoisotopic (exact) mass is 481 g/mol. The van der Waals surface area contributed by atoms with E-state index in [1.165, 1.54) is 11.3 Å². The Morgan fingerprint density at radius 1 is 1.12 bits per heavy atom. The van der Waals surface area contributed by atoms with Crippen LogP contribution in [-0.2, 0) is 9.59 Å². The maximum Gasteiger partial charge on any atom is 0.231 e. The smallest absolute Gasteiger partial charge is 0.231 e. The van der Waals surface area contributed by atoms with Gasteiger partial charge in [0.25, 0.3) is 0 Å². The third-order valence-corrected chi connectivity index (χ3v) is 6.51. The molecule has 0 unspecified atom stereocenters. The summed E-state index contributed by atoms with van der Waals surface area (Å²) in [6, 6.07) is 10.8. The number of aromatic nitrogens is 1. The summed E-state index contributed by atoms with van der Waals surface area (Å²) in [7, 11) is 3.18. The van der Waals surface area contributed by atoms with E-state index in [0.29, 0.717) is 52.7 Å². The average Bonchev–Trinajstić information content (AvgIpc) is 3.50. The second-order valence-electron chi connectivity index (χ2n) is 7.83. The third kappa shape index (κ3) is 4.24. The molecule has 1 aromatic heterocycles. The Labute approximate surface area is 200 Å². The van der Waals surface area contributed by atoms with Crippen LogP contribution in [0.5, 0.6) is 23.0 Å². The fourth-order valence-corrected chi connectivity index (χ4v) is 4.72. The van der Waals surface area contributed by atoms with E-state index in [0.717, 1.165) is 5.56 Å². The molecule has 0 spiro atoms. The lowest BCUT2D eigenvalue weighted by Crippen LogP contribution is -2.28. The minimum atomic E-state index is -0.487. The second kappa shape index (κ2) is 9.22. The predicted molar refractivity (Wildman–Crippen MR) is 127 cm³/mol. The van der Waals surface area contributed by atoms with Crippen LogP contribution in [-0.4, -0.2) is 50.8 Å². The van der Waals surface area contributed by atoms with Crippen molar-refractivity contribution in [3.05, 3.63) is 41.8 Å². The molecule has 2 aromatic carbocycles. The van der Waals surface area contributed by atoms with Crippen LogP contribution < -0.4 is 29.2 Å². The molecule has 176 valence electrons. The summed E-state index contributed by atoms with van der Waals surface area (Å²) >= 11 is 1.31. The molecule has 34 heavy (non-hydrogen) atoms. The normalized spacial score (nSPS) is 16.9. The number of anilines is 2. The van der Waals surface area contributed by atoms with Gasteiger partial charge in [-0.3, -0.25) is 9.59 Å². The zero-order valence-corrected chi connectivity index (χ0v) is 19.5. The van der Waals surface area contributed by atoms with Crippen LogP contribution in [0, 0.1) is 5.92 Å². The first-order chi connectivity index (χ1) is 16.6. The Kier molecular flexibility index (Phi) is 5.97. The van der Waals surface area contributed by atoms with Gasteiger partial charge in [0, 0.05) is 35.7 Å². The van der Waals surface area contributed by atoms with Crippen molar-refractivity contribution in [2.75, 3.05) is 44.2 Å². The molecule has 2 amide bonds. The molecule has 1 N–H and O–H groups in total. The van der Waals surface area contributed by atoms with Crippen molar-refractivity contribution in [2.24, 2.45) is 5.92 Å². The van der Waals surface area contributed by atoms with Gasteiger partial charge in [-0.1, -0.05) is 0 Å². The highest BCUT2D eigenvalue weighted by molar-refractivity contribution is 7.14. The zero-order valence-electron chi connectivity index (χ0n) is 18.7. The second-order valence-corrected chi connectivity index (χ2v) is 8.68. The lowest BCUT2D eigenvalue weighted by atomic mass is 10.1. The molecule has 0 aliphatic carbocycles. The van der Waals surface area contributed by atoms with Crippen molar-refractivity contribution in [3.8, 4) is 34.3 Å². The lowest BCUT2D eigenvalue weighted by Gasteiger charge is -2.22. The highest BCUT2D eigenvalue weighted by Gasteiger charge is 2.36. The minimum absolute atomic E-state index is 0.113. The van der Waals surface area contributed by atoms with Gasteiger partial charge in [-0.05, 0) is 30.3 Å². The van der Waals surface area contributed by atoms with Crippen molar-refractivity contribution < 1.29 is 28.5 Å². The molecule has 0 bridgehead atoms. The van der Waals surface area contributed by atoms with Gasteiger partial charge in [-0.2, -0.15) is 0 Å². The largest absolute Gasteiger partial charge is 0.497 e. The first-order valence-corrected chi connectivity index (χ1v) is 11.6. The number of amides is 2. The van der Waals surface area contributed by atoms with Crippen LogP contribution >= 0.6 is 11.3 Å². The summed E-state index contributed by atoms with van der Waals surface area (Å²) in [6.45, 7) is 1.25. The number of carbonyl (C=O) groups excluding carboxylic acids is 2. The molecule has 0 saturated carbocycles. The quantitative estimate of drug-likeness (QED) is 0.574. The molecular weight excluding hydrogens is 458 g/mol. The first-order valence-electron chi connectivity index (χ1n) is 10.7. The summed E-state index contributed by atoms with van der Waals surface area (Å²) in [5, 5.41) is 5.15. The number of nitrogens with one attached hydrogen (secondary N) is 1. The molecule has 2 aliphatic heterocycles. The highest BCUT2D eigenvalue weighted by atomic mass is 32.1. The number of nitrogens with zero attached hydrogens (tertiary/aromatic N) is 2. The Morgan fingerprint density at radius 3 is 2.74 bits per heavy atom. The predicted octanol–water partition coefficient (Wildman–Crippen LogP) is 3.59. The van der Waals surface area contributed by atoms with Gasteiger partial charge in [-0.15, -0.1) is 11.3 Å². The number of rotatable bonds is 6. The van der Waals surface area contributed by atoms with E-state index in [4.69, 9.17) is 18.9 Å². The van der Waals surface area contributed by atoms with E-state index in [-0.39, 0.29) is 24.8 Å². The molecule has 1 fully saturated rings. The Balaban J connectivity index is 1.28. The van der Waals surface area contributed by atoms with Crippen LogP contribution in [0.3, 0.4) is 0 Å². The number of hydrogen-bond acceptors (Lipinski definition) is 8. The van der Waals surface area contributed by atoms with Crippen molar-refractivity contribution in [1.82, 2.24) is 4.98 Å². The van der Waals surface area contributed by atoms with Crippen LogP contribution in [0.15, 0.2) is 41.8 Å². The van der Waals surface area contributed by atoms with Gasteiger partial charge in [0.15, 0.2) is 16.6 Å². The summed E-state index contributed by atoms with van der Waals surface area (Å²) in [6.07, 6.45) is 0.127. The van der Waals surface area contributed by atoms with Crippen LogP contribution in [0.4, 0.5) is 10.8 Å². The highest BCUT2D eigenvalue weighted by Crippen LogP contribution is 2.37.